The Hall–Kier alpha value is -2.53. The lowest BCUT2D eigenvalue weighted by Crippen LogP contribution is -2.51. The Bertz CT molecular complexity index is 1340. The van der Waals surface area contributed by atoms with Crippen LogP contribution in [-0.4, -0.2) is 112 Å². The normalized spacial score (nSPS) is 20.7. The molecule has 3 aliphatic rings. The van der Waals surface area contributed by atoms with E-state index >= 15 is 0 Å². The van der Waals surface area contributed by atoms with Gasteiger partial charge in [0.15, 0.2) is 0 Å². The second-order valence-corrected chi connectivity index (χ2v) is 16.1. The number of rotatable bonds is 19. The lowest BCUT2D eigenvalue weighted by molar-refractivity contribution is -0.172. The van der Waals surface area contributed by atoms with Gasteiger partial charge in [-0.1, -0.05) is 66.2 Å². The molecule has 286 valence electrons. The highest BCUT2D eigenvalue weighted by Gasteiger charge is 2.50. The van der Waals surface area contributed by atoms with E-state index in [0.717, 1.165) is 69.3 Å². The third kappa shape index (κ3) is 10.5. The van der Waals surface area contributed by atoms with Crippen LogP contribution in [0.5, 0.6) is 0 Å². The number of hydrogen-bond donors (Lipinski definition) is 0. The minimum absolute atomic E-state index is 0.273. The van der Waals surface area contributed by atoms with Crippen LogP contribution in [0.3, 0.4) is 0 Å². The summed E-state index contributed by atoms with van der Waals surface area (Å²) in [6.07, 6.45) is 9.62. The Morgan fingerprint density at radius 1 is 0.920 bits per heavy atom. The van der Waals surface area contributed by atoms with Crippen molar-refractivity contribution in [2.24, 2.45) is 0 Å². The fourth-order valence-electron chi connectivity index (χ4n) is 7.16. The molecule has 0 aliphatic carbocycles. The van der Waals surface area contributed by atoms with E-state index in [1.54, 1.807) is 14.9 Å². The lowest BCUT2D eigenvalue weighted by Gasteiger charge is -2.43. The van der Waals surface area contributed by atoms with Crippen molar-refractivity contribution in [1.29, 1.82) is 0 Å². The van der Waals surface area contributed by atoms with Gasteiger partial charge in [0.2, 0.25) is 11.8 Å². The molecule has 2 atom stereocenters. The van der Waals surface area contributed by atoms with Crippen molar-refractivity contribution in [3.63, 3.8) is 0 Å². The average molecular weight is 728 g/mol. The van der Waals surface area contributed by atoms with Gasteiger partial charge in [0.1, 0.15) is 11.6 Å². The second-order valence-electron chi connectivity index (χ2n) is 15.0. The first-order chi connectivity index (χ1) is 23.7. The van der Waals surface area contributed by atoms with E-state index in [4.69, 9.17) is 17.7 Å². The molecule has 0 radical (unpaired) electrons. The molecular formula is C34H61N7O8S. The topological polar surface area (TPSA) is 151 Å². The van der Waals surface area contributed by atoms with Crippen LogP contribution in [0.2, 0.25) is 0 Å². The molecule has 4 heterocycles. The number of piperidine rings is 1. The van der Waals surface area contributed by atoms with Crippen LogP contribution in [0.1, 0.15) is 143 Å². The van der Waals surface area contributed by atoms with Gasteiger partial charge in [-0.25, -0.2) is 9.59 Å². The van der Waals surface area contributed by atoms with Crippen LogP contribution in [0, 0.1) is 0 Å². The third-order valence-electron chi connectivity index (χ3n) is 9.78. The Kier molecular flexibility index (Phi) is 14.3. The van der Waals surface area contributed by atoms with Crippen LogP contribution in [0.4, 0.5) is 9.59 Å². The molecule has 0 aromatic carbocycles. The molecule has 3 fully saturated rings. The van der Waals surface area contributed by atoms with E-state index in [-0.39, 0.29) is 12.6 Å². The number of carbonyl (C=O) groups excluding carboxylic acids is 2. The van der Waals surface area contributed by atoms with Gasteiger partial charge in [0, 0.05) is 44.8 Å². The van der Waals surface area contributed by atoms with Crippen LogP contribution < -0.4 is 0 Å². The van der Waals surface area contributed by atoms with E-state index in [9.17, 15) is 18.0 Å². The van der Waals surface area contributed by atoms with Crippen molar-refractivity contribution >= 4 is 22.5 Å². The van der Waals surface area contributed by atoms with Crippen molar-refractivity contribution < 1.29 is 35.7 Å². The van der Waals surface area contributed by atoms with Gasteiger partial charge in [-0.2, -0.15) is 22.8 Å². The molecule has 2 bridgehead atoms. The minimum Gasteiger partial charge on any atom is -0.444 e. The number of ether oxygens (including phenoxy) is 1. The van der Waals surface area contributed by atoms with Gasteiger partial charge in [-0.05, 0) is 59.3 Å². The molecule has 4 rings (SSSR count). The highest BCUT2D eigenvalue weighted by Crippen LogP contribution is 2.39. The van der Waals surface area contributed by atoms with E-state index in [1.165, 1.54) is 0 Å². The summed E-state index contributed by atoms with van der Waals surface area (Å²) >= 11 is 0. The molecule has 50 heavy (non-hydrogen) atoms. The highest BCUT2D eigenvalue weighted by atomic mass is 32.3. The Labute approximate surface area is 299 Å². The highest BCUT2D eigenvalue weighted by molar-refractivity contribution is 7.81. The summed E-state index contributed by atoms with van der Waals surface area (Å²) in [5.41, 5.74) is -0.985. The Balaban J connectivity index is 1.39. The Morgan fingerprint density at radius 3 is 2.18 bits per heavy atom. The maximum Gasteiger partial charge on any atom is 0.437 e. The second kappa shape index (κ2) is 17.8. The smallest absolute Gasteiger partial charge is 0.437 e. The standard InChI is InChI=1S/C34H61N7O8S/c1-8-12-18-34(17-11-4,19-13-9-2)40(20-14-10-3)48-50(44,45)49-41-27-15-16-28(39(25-27)31(41)42)30-36-35-29(46-30)26-37-21-23-38(24-22-37)32(43)47-33(5,6)7/h27-28H,8-26H2,1-7H3/t27-,28-/m0/s1. The monoisotopic (exact) mass is 727 g/mol. The summed E-state index contributed by atoms with van der Waals surface area (Å²) in [5, 5.41) is 11.1. The van der Waals surface area contributed by atoms with E-state index in [1.807, 2.05) is 20.8 Å². The van der Waals surface area contributed by atoms with Crippen molar-refractivity contribution in [2.45, 2.75) is 155 Å². The number of amides is 3. The third-order valence-corrected chi connectivity index (χ3v) is 10.5. The van der Waals surface area contributed by atoms with Crippen molar-refractivity contribution in [3.05, 3.63) is 11.8 Å². The summed E-state index contributed by atoms with van der Waals surface area (Å²) in [6.45, 7) is 17.5. The predicted octanol–water partition coefficient (Wildman–Crippen LogP) is 6.19. The lowest BCUT2D eigenvalue weighted by atomic mass is 9.82. The number of unbranched alkanes of at least 4 members (excludes halogenated alkanes) is 3. The first-order valence-electron chi connectivity index (χ1n) is 18.8. The molecule has 0 spiro atoms. The number of urea groups is 1. The van der Waals surface area contributed by atoms with Gasteiger partial charge in [0.05, 0.1) is 12.6 Å². The van der Waals surface area contributed by atoms with Crippen LogP contribution in [0.25, 0.3) is 0 Å². The van der Waals surface area contributed by atoms with Gasteiger partial charge in [-0.3, -0.25) is 4.90 Å². The fraction of sp³-hybridized carbons (Fsp3) is 0.882. The molecule has 3 amide bonds. The van der Waals surface area contributed by atoms with Gasteiger partial charge < -0.3 is 19.0 Å². The molecular weight excluding hydrogens is 666 g/mol. The van der Waals surface area contributed by atoms with Gasteiger partial charge >= 0.3 is 22.5 Å². The van der Waals surface area contributed by atoms with Crippen LogP contribution in [-0.2, 0) is 30.2 Å². The van der Waals surface area contributed by atoms with Crippen LogP contribution in [0.15, 0.2) is 4.42 Å². The first-order valence-corrected chi connectivity index (χ1v) is 20.1. The Morgan fingerprint density at radius 2 is 1.58 bits per heavy atom. The summed E-state index contributed by atoms with van der Waals surface area (Å²) in [5.74, 6) is 0.722. The summed E-state index contributed by atoms with van der Waals surface area (Å²) in [6, 6.07) is -1.52. The number of nitrogens with zero attached hydrogens (tertiary/aromatic N) is 7. The molecule has 0 N–H and O–H groups in total. The number of aromatic nitrogens is 2. The number of piperazine rings is 1. The summed E-state index contributed by atoms with van der Waals surface area (Å²) in [4.78, 5) is 31.4. The average Bonchev–Trinajstić information content (AvgIpc) is 3.62. The zero-order valence-corrected chi connectivity index (χ0v) is 32.2. The van der Waals surface area contributed by atoms with E-state index in [2.05, 4.69) is 42.8 Å². The number of hydrogen-bond acceptors (Lipinski definition) is 12. The maximum atomic E-state index is 13.6. The SMILES string of the molecule is CCCCN(OS(=O)(=O)ON1C(=O)N2C[C@@H]1CC[C@H]2c1nnc(CN2CCN(C(=O)OC(C)(C)C)CC2)o1)C(CCC)(CCCC)CCCC. The molecule has 0 unspecified atom stereocenters. The fourth-order valence-corrected chi connectivity index (χ4v) is 8.02. The van der Waals surface area contributed by atoms with E-state index < -0.39 is 39.7 Å². The first kappa shape index (κ1) is 40.2. The van der Waals surface area contributed by atoms with Crippen molar-refractivity contribution in [1.82, 2.24) is 35.0 Å². The number of carbonyl (C=O) groups is 2. The minimum atomic E-state index is -4.62. The quantitative estimate of drug-likeness (QED) is 0.149. The van der Waals surface area contributed by atoms with E-state index in [0.29, 0.717) is 63.9 Å². The van der Waals surface area contributed by atoms with Crippen molar-refractivity contribution in [3.8, 4) is 0 Å². The largest absolute Gasteiger partial charge is 0.444 e. The predicted molar refractivity (Wildman–Crippen MR) is 186 cm³/mol. The van der Waals surface area contributed by atoms with Gasteiger partial charge in [-0.15, -0.1) is 14.5 Å². The molecule has 16 heteroatoms. The molecule has 1 aromatic heterocycles. The zero-order valence-electron chi connectivity index (χ0n) is 31.4. The van der Waals surface area contributed by atoms with Crippen molar-refractivity contribution in [2.75, 3.05) is 39.3 Å². The molecule has 0 saturated carbocycles. The summed E-state index contributed by atoms with van der Waals surface area (Å²) in [7, 11) is -4.62. The molecule has 3 aliphatic heterocycles. The molecule has 15 nitrogen and oxygen atoms in total. The zero-order chi connectivity index (χ0) is 36.5. The van der Waals surface area contributed by atoms with Gasteiger partial charge in [0.25, 0.3) is 0 Å². The number of hydroxylamine groups is 4. The molecule has 3 saturated heterocycles. The number of fused-ring (bicyclic) bond motifs is 2. The maximum absolute atomic E-state index is 13.6. The molecule has 1 aromatic rings. The summed E-state index contributed by atoms with van der Waals surface area (Å²) < 4.78 is 50.0. The van der Waals surface area contributed by atoms with Crippen LogP contribution >= 0.6 is 0 Å².